The lowest BCUT2D eigenvalue weighted by Gasteiger charge is -2.16. The molecule has 0 aliphatic carbocycles. The number of alkyl halides is 4. The van der Waals surface area contributed by atoms with Crippen LogP contribution in [0.2, 0.25) is 0 Å². The standard InChI is InChI=1S/C8H14Cl4/c1-6(10)5-8(12)7(11)3-2-4-9/h6-8H,2-5H2,1H3. The average Bonchev–Trinajstić information content (AvgIpc) is 1.98. The highest BCUT2D eigenvalue weighted by Crippen LogP contribution is 2.21. The van der Waals surface area contributed by atoms with E-state index in [1.807, 2.05) is 6.92 Å². The van der Waals surface area contributed by atoms with E-state index in [1.54, 1.807) is 0 Å². The molecule has 0 heterocycles. The molecule has 0 aromatic rings. The Morgan fingerprint density at radius 1 is 1.08 bits per heavy atom. The van der Waals surface area contributed by atoms with E-state index in [1.165, 1.54) is 0 Å². The Hall–Kier alpha value is 1.16. The van der Waals surface area contributed by atoms with Crippen molar-refractivity contribution in [2.24, 2.45) is 0 Å². The van der Waals surface area contributed by atoms with Crippen LogP contribution in [-0.2, 0) is 0 Å². The third-order valence-electron chi connectivity index (χ3n) is 1.56. The van der Waals surface area contributed by atoms with Crippen LogP contribution in [0.4, 0.5) is 0 Å². The van der Waals surface area contributed by atoms with Crippen LogP contribution < -0.4 is 0 Å². The van der Waals surface area contributed by atoms with Crippen molar-refractivity contribution in [2.75, 3.05) is 5.88 Å². The molecule has 0 fully saturated rings. The van der Waals surface area contributed by atoms with Gasteiger partial charge in [0.15, 0.2) is 0 Å². The molecule has 0 nitrogen and oxygen atoms in total. The van der Waals surface area contributed by atoms with E-state index in [2.05, 4.69) is 0 Å². The van der Waals surface area contributed by atoms with Gasteiger partial charge in [-0.25, -0.2) is 0 Å². The molecule has 0 aromatic heterocycles. The topological polar surface area (TPSA) is 0 Å². The first-order valence-electron chi connectivity index (χ1n) is 4.06. The van der Waals surface area contributed by atoms with Gasteiger partial charge in [0.2, 0.25) is 0 Å². The molecule has 0 bridgehead atoms. The molecule has 0 amide bonds. The molecule has 74 valence electrons. The van der Waals surface area contributed by atoms with Crippen LogP contribution in [0.15, 0.2) is 0 Å². The van der Waals surface area contributed by atoms with Crippen LogP contribution in [0.1, 0.15) is 26.2 Å². The maximum atomic E-state index is 6.00. The highest BCUT2D eigenvalue weighted by molar-refractivity contribution is 6.30. The van der Waals surface area contributed by atoms with Crippen molar-refractivity contribution in [1.82, 2.24) is 0 Å². The minimum Gasteiger partial charge on any atom is -0.127 e. The number of hydrogen-bond donors (Lipinski definition) is 0. The SMILES string of the molecule is CC(Cl)CC(Cl)C(Cl)CCCCl. The van der Waals surface area contributed by atoms with Crippen LogP contribution in [0, 0.1) is 0 Å². The van der Waals surface area contributed by atoms with Gasteiger partial charge in [0.1, 0.15) is 0 Å². The first-order chi connectivity index (χ1) is 5.57. The Balaban J connectivity index is 3.53. The molecule has 0 aromatic carbocycles. The van der Waals surface area contributed by atoms with Gasteiger partial charge in [-0.05, 0) is 26.2 Å². The summed E-state index contributed by atoms with van der Waals surface area (Å²) in [7, 11) is 0. The average molecular weight is 252 g/mol. The molecule has 0 aliphatic rings. The fraction of sp³-hybridized carbons (Fsp3) is 1.00. The zero-order valence-corrected chi connectivity index (χ0v) is 10.1. The van der Waals surface area contributed by atoms with Gasteiger partial charge in [-0.15, -0.1) is 46.4 Å². The normalized spacial score (nSPS) is 18.8. The molecule has 0 saturated carbocycles. The number of halogens is 4. The van der Waals surface area contributed by atoms with E-state index in [4.69, 9.17) is 46.4 Å². The van der Waals surface area contributed by atoms with E-state index in [9.17, 15) is 0 Å². The molecule has 0 saturated heterocycles. The molecule has 3 atom stereocenters. The molecule has 0 radical (unpaired) electrons. The lowest BCUT2D eigenvalue weighted by Crippen LogP contribution is -2.18. The lowest BCUT2D eigenvalue weighted by atomic mass is 10.1. The van der Waals surface area contributed by atoms with E-state index in [0.29, 0.717) is 5.88 Å². The summed E-state index contributed by atoms with van der Waals surface area (Å²) in [6.45, 7) is 1.92. The van der Waals surface area contributed by atoms with Gasteiger partial charge < -0.3 is 0 Å². The molecule has 4 heteroatoms. The second kappa shape index (κ2) is 7.55. The third-order valence-corrected chi connectivity index (χ3v) is 3.14. The number of rotatable bonds is 6. The first kappa shape index (κ1) is 13.2. The zero-order chi connectivity index (χ0) is 9.56. The predicted octanol–water partition coefficient (Wildman–Crippen LogP) is 4.24. The van der Waals surface area contributed by atoms with Crippen molar-refractivity contribution in [3.8, 4) is 0 Å². The van der Waals surface area contributed by atoms with Crippen molar-refractivity contribution >= 4 is 46.4 Å². The lowest BCUT2D eigenvalue weighted by molar-refractivity contribution is 0.645. The minimum atomic E-state index is -0.0395. The van der Waals surface area contributed by atoms with Crippen LogP contribution in [0.3, 0.4) is 0 Å². The molecule has 0 aliphatic heterocycles. The highest BCUT2D eigenvalue weighted by Gasteiger charge is 2.17. The van der Waals surface area contributed by atoms with Crippen molar-refractivity contribution < 1.29 is 0 Å². The maximum absolute atomic E-state index is 6.00. The van der Waals surface area contributed by atoms with Crippen molar-refractivity contribution in [2.45, 2.75) is 42.3 Å². The van der Waals surface area contributed by atoms with E-state index in [0.717, 1.165) is 19.3 Å². The fourth-order valence-corrected chi connectivity index (χ4v) is 2.00. The number of hydrogen-bond acceptors (Lipinski definition) is 0. The Morgan fingerprint density at radius 3 is 2.08 bits per heavy atom. The van der Waals surface area contributed by atoms with Crippen LogP contribution >= 0.6 is 46.4 Å². The third kappa shape index (κ3) is 6.65. The molecule has 3 unspecified atom stereocenters. The van der Waals surface area contributed by atoms with Crippen LogP contribution in [-0.4, -0.2) is 22.0 Å². The summed E-state index contributed by atoms with van der Waals surface area (Å²) < 4.78 is 0. The van der Waals surface area contributed by atoms with Gasteiger partial charge in [-0.2, -0.15) is 0 Å². The second-order valence-electron chi connectivity index (χ2n) is 2.88. The minimum absolute atomic E-state index is 0.00776. The smallest absolute Gasteiger partial charge is 0.0513 e. The Kier molecular flexibility index (Phi) is 8.28. The summed E-state index contributed by atoms with van der Waals surface area (Å²) >= 11 is 23.3. The maximum Gasteiger partial charge on any atom is 0.0513 e. The van der Waals surface area contributed by atoms with Gasteiger partial charge in [-0.3, -0.25) is 0 Å². The zero-order valence-electron chi connectivity index (χ0n) is 7.07. The molecular weight excluding hydrogens is 238 g/mol. The van der Waals surface area contributed by atoms with E-state index >= 15 is 0 Å². The van der Waals surface area contributed by atoms with Crippen LogP contribution in [0.25, 0.3) is 0 Å². The molecule has 0 spiro atoms. The van der Waals surface area contributed by atoms with Gasteiger partial charge in [0, 0.05) is 11.3 Å². The monoisotopic (exact) mass is 250 g/mol. The Labute approximate surface area is 94.5 Å². The van der Waals surface area contributed by atoms with Crippen LogP contribution in [0.5, 0.6) is 0 Å². The van der Waals surface area contributed by atoms with Gasteiger partial charge in [0.05, 0.1) is 10.8 Å². The Morgan fingerprint density at radius 2 is 1.67 bits per heavy atom. The summed E-state index contributed by atoms with van der Waals surface area (Å²) in [6.07, 6.45) is 2.53. The highest BCUT2D eigenvalue weighted by atomic mass is 35.5. The summed E-state index contributed by atoms with van der Waals surface area (Å²) in [4.78, 5) is 0. The summed E-state index contributed by atoms with van der Waals surface area (Å²) in [5.74, 6) is 0.642. The Bertz CT molecular complexity index is 105. The quantitative estimate of drug-likeness (QED) is 0.620. The summed E-state index contributed by atoms with van der Waals surface area (Å²) in [5.41, 5.74) is 0. The van der Waals surface area contributed by atoms with Crippen molar-refractivity contribution in [1.29, 1.82) is 0 Å². The molecule has 12 heavy (non-hydrogen) atoms. The molecule has 0 N–H and O–H groups in total. The molecular formula is C8H14Cl4. The predicted molar refractivity (Wildman–Crippen MR) is 59.2 cm³/mol. The van der Waals surface area contributed by atoms with E-state index in [-0.39, 0.29) is 16.1 Å². The summed E-state index contributed by atoms with van der Waals surface area (Å²) in [6, 6.07) is 0. The first-order valence-corrected chi connectivity index (χ1v) is 5.90. The second-order valence-corrected chi connectivity index (χ2v) is 5.12. The van der Waals surface area contributed by atoms with Crippen molar-refractivity contribution in [3.63, 3.8) is 0 Å². The van der Waals surface area contributed by atoms with Gasteiger partial charge >= 0.3 is 0 Å². The van der Waals surface area contributed by atoms with E-state index < -0.39 is 0 Å². The fourth-order valence-electron chi connectivity index (χ4n) is 0.911. The van der Waals surface area contributed by atoms with Gasteiger partial charge in [0.25, 0.3) is 0 Å². The van der Waals surface area contributed by atoms with Gasteiger partial charge in [-0.1, -0.05) is 0 Å². The summed E-state index contributed by atoms with van der Waals surface area (Å²) in [5, 5.41) is 0.0405. The van der Waals surface area contributed by atoms with Crippen molar-refractivity contribution in [3.05, 3.63) is 0 Å². The molecule has 0 rings (SSSR count). The largest absolute Gasteiger partial charge is 0.127 e.